The smallest absolute Gasteiger partial charge is 0.287 e. The zero-order valence-corrected chi connectivity index (χ0v) is 9.03. The molecule has 0 saturated heterocycles. The molecule has 0 spiro atoms. The maximum absolute atomic E-state index is 12.8. The molecule has 0 saturated carbocycles. The van der Waals surface area contributed by atoms with Crippen LogP contribution in [0.4, 0.5) is 14.6 Å². The highest BCUT2D eigenvalue weighted by Gasteiger charge is 2.27. The summed E-state index contributed by atoms with van der Waals surface area (Å²) in [6.45, 7) is -1.80. The van der Waals surface area contributed by atoms with Gasteiger partial charge < -0.3 is 10.4 Å². The number of aliphatic hydroxyl groups excluding tert-OH is 1. The molecular weight excluding hydrogens is 226 g/mol. The van der Waals surface area contributed by atoms with Crippen LogP contribution in [-0.2, 0) is 0 Å². The van der Waals surface area contributed by atoms with Crippen molar-refractivity contribution in [3.63, 3.8) is 0 Å². The van der Waals surface area contributed by atoms with Crippen molar-refractivity contribution in [2.24, 2.45) is 0 Å². The van der Waals surface area contributed by atoms with Crippen molar-refractivity contribution >= 4 is 16.7 Å². The predicted octanol–water partition coefficient (Wildman–Crippen LogP) is 2.27. The van der Waals surface area contributed by atoms with Gasteiger partial charge in [0.15, 0.2) is 0 Å². The van der Waals surface area contributed by atoms with E-state index < -0.39 is 19.1 Å². The Hall–Kier alpha value is -1.75. The third-order valence-corrected chi connectivity index (χ3v) is 2.36. The average Bonchev–Trinajstić information content (AvgIpc) is 2.36. The first-order chi connectivity index (χ1) is 8.11. The van der Waals surface area contributed by atoms with Gasteiger partial charge in [-0.05, 0) is 18.2 Å². The second-order valence-corrected chi connectivity index (χ2v) is 3.76. The molecule has 5 heteroatoms. The molecular formula is C12H12F2N2O. The minimum Gasteiger partial charge on any atom is -0.390 e. The Morgan fingerprint density at radius 3 is 2.71 bits per heavy atom. The SMILES string of the molecule is OCC(F)(F)CNc1ccc2ccccc2n1. The van der Waals surface area contributed by atoms with Gasteiger partial charge in [0.25, 0.3) is 5.92 Å². The van der Waals surface area contributed by atoms with Gasteiger partial charge in [-0.3, -0.25) is 0 Å². The summed E-state index contributed by atoms with van der Waals surface area (Å²) in [6, 6.07) is 10.9. The van der Waals surface area contributed by atoms with Gasteiger partial charge in [0, 0.05) is 5.39 Å². The third kappa shape index (κ3) is 2.88. The topological polar surface area (TPSA) is 45.1 Å². The van der Waals surface area contributed by atoms with Crippen LogP contribution in [0.3, 0.4) is 0 Å². The largest absolute Gasteiger partial charge is 0.390 e. The van der Waals surface area contributed by atoms with Crippen molar-refractivity contribution in [1.82, 2.24) is 4.98 Å². The number of fused-ring (bicyclic) bond motifs is 1. The normalized spacial score (nSPS) is 11.7. The summed E-state index contributed by atoms with van der Waals surface area (Å²) in [4.78, 5) is 4.19. The second-order valence-electron chi connectivity index (χ2n) is 3.76. The minimum atomic E-state index is -3.13. The second kappa shape index (κ2) is 4.63. The van der Waals surface area contributed by atoms with Crippen LogP contribution in [0.5, 0.6) is 0 Å². The summed E-state index contributed by atoms with van der Waals surface area (Å²) >= 11 is 0. The molecule has 2 rings (SSSR count). The lowest BCUT2D eigenvalue weighted by Gasteiger charge is -2.14. The third-order valence-electron chi connectivity index (χ3n) is 2.36. The summed E-state index contributed by atoms with van der Waals surface area (Å²) in [5, 5.41) is 11.9. The Bertz CT molecular complexity index is 517. The lowest BCUT2D eigenvalue weighted by atomic mass is 10.2. The van der Waals surface area contributed by atoms with Gasteiger partial charge in [-0.25, -0.2) is 13.8 Å². The number of hydrogen-bond acceptors (Lipinski definition) is 3. The number of nitrogens with one attached hydrogen (secondary N) is 1. The predicted molar refractivity (Wildman–Crippen MR) is 62.3 cm³/mol. The van der Waals surface area contributed by atoms with E-state index in [4.69, 9.17) is 5.11 Å². The molecule has 2 aromatic rings. The molecule has 0 amide bonds. The van der Waals surface area contributed by atoms with Crippen LogP contribution >= 0.6 is 0 Å². The number of para-hydroxylation sites is 1. The molecule has 2 N–H and O–H groups in total. The van der Waals surface area contributed by atoms with Gasteiger partial charge in [-0.15, -0.1) is 0 Å². The number of aliphatic hydroxyl groups is 1. The quantitative estimate of drug-likeness (QED) is 0.858. The highest BCUT2D eigenvalue weighted by molar-refractivity contribution is 5.80. The Balaban J connectivity index is 2.14. The van der Waals surface area contributed by atoms with E-state index in [0.29, 0.717) is 5.82 Å². The zero-order valence-electron chi connectivity index (χ0n) is 9.03. The van der Waals surface area contributed by atoms with Crippen molar-refractivity contribution in [1.29, 1.82) is 0 Å². The lowest BCUT2D eigenvalue weighted by Crippen LogP contribution is -2.31. The fourth-order valence-electron chi connectivity index (χ4n) is 1.44. The van der Waals surface area contributed by atoms with Crippen LogP contribution in [0.15, 0.2) is 36.4 Å². The van der Waals surface area contributed by atoms with E-state index in [1.807, 2.05) is 30.3 Å². The standard InChI is InChI=1S/C12H12F2N2O/c13-12(14,8-17)7-15-11-6-5-9-3-1-2-4-10(9)16-11/h1-6,17H,7-8H2,(H,15,16). The average molecular weight is 238 g/mol. The molecule has 1 heterocycles. The van der Waals surface area contributed by atoms with E-state index >= 15 is 0 Å². The summed E-state index contributed by atoms with van der Waals surface area (Å²) in [7, 11) is 0. The molecule has 0 aliphatic carbocycles. The Kier molecular flexibility index (Phi) is 3.19. The fourth-order valence-corrected chi connectivity index (χ4v) is 1.44. The van der Waals surface area contributed by atoms with E-state index in [0.717, 1.165) is 10.9 Å². The van der Waals surface area contributed by atoms with Crippen molar-refractivity contribution < 1.29 is 13.9 Å². The number of aromatic nitrogens is 1. The first-order valence-electron chi connectivity index (χ1n) is 5.19. The molecule has 0 bridgehead atoms. The maximum Gasteiger partial charge on any atom is 0.287 e. The summed E-state index contributed by atoms with van der Waals surface area (Å²) in [5.74, 6) is -2.76. The van der Waals surface area contributed by atoms with Gasteiger partial charge in [0.05, 0.1) is 12.1 Å². The van der Waals surface area contributed by atoms with Crippen molar-refractivity contribution in [2.45, 2.75) is 5.92 Å². The number of anilines is 1. The van der Waals surface area contributed by atoms with Crippen LogP contribution in [0.25, 0.3) is 10.9 Å². The fraction of sp³-hybridized carbons (Fsp3) is 0.250. The van der Waals surface area contributed by atoms with Crippen LogP contribution in [-0.4, -0.2) is 29.2 Å². The molecule has 0 fully saturated rings. The number of halogens is 2. The van der Waals surface area contributed by atoms with Gasteiger partial charge in [0.2, 0.25) is 0 Å². The molecule has 0 unspecified atom stereocenters. The highest BCUT2D eigenvalue weighted by atomic mass is 19.3. The maximum atomic E-state index is 12.8. The summed E-state index contributed by atoms with van der Waals surface area (Å²) < 4.78 is 25.6. The van der Waals surface area contributed by atoms with Crippen LogP contribution in [0, 0.1) is 0 Å². The van der Waals surface area contributed by atoms with E-state index in [1.165, 1.54) is 0 Å². The molecule has 1 aromatic carbocycles. The number of hydrogen-bond donors (Lipinski definition) is 2. The molecule has 0 aliphatic rings. The van der Waals surface area contributed by atoms with E-state index in [1.54, 1.807) is 6.07 Å². The van der Waals surface area contributed by atoms with Crippen LogP contribution in [0.2, 0.25) is 0 Å². The lowest BCUT2D eigenvalue weighted by molar-refractivity contribution is -0.0373. The number of nitrogens with zero attached hydrogens (tertiary/aromatic N) is 1. The molecule has 0 aliphatic heterocycles. The van der Waals surface area contributed by atoms with E-state index in [-0.39, 0.29) is 0 Å². The van der Waals surface area contributed by atoms with Gasteiger partial charge in [0.1, 0.15) is 12.4 Å². The Labute approximate surface area is 97.1 Å². The van der Waals surface area contributed by atoms with Gasteiger partial charge in [-0.2, -0.15) is 0 Å². The summed E-state index contributed by atoms with van der Waals surface area (Å²) in [6.07, 6.45) is 0. The van der Waals surface area contributed by atoms with E-state index in [2.05, 4.69) is 10.3 Å². The van der Waals surface area contributed by atoms with Crippen LogP contribution in [0.1, 0.15) is 0 Å². The van der Waals surface area contributed by atoms with Crippen molar-refractivity contribution in [3.05, 3.63) is 36.4 Å². The first kappa shape index (κ1) is 11.7. The molecule has 17 heavy (non-hydrogen) atoms. The summed E-state index contributed by atoms with van der Waals surface area (Å²) in [5.41, 5.74) is 0.741. The number of benzene rings is 1. The Morgan fingerprint density at radius 1 is 1.18 bits per heavy atom. The molecule has 3 nitrogen and oxygen atoms in total. The first-order valence-corrected chi connectivity index (χ1v) is 5.19. The van der Waals surface area contributed by atoms with Gasteiger partial charge >= 0.3 is 0 Å². The monoisotopic (exact) mass is 238 g/mol. The van der Waals surface area contributed by atoms with Crippen molar-refractivity contribution in [2.75, 3.05) is 18.5 Å². The molecule has 0 radical (unpaired) electrons. The van der Waals surface area contributed by atoms with Crippen LogP contribution < -0.4 is 5.32 Å². The molecule has 1 aromatic heterocycles. The zero-order chi connectivity index (χ0) is 12.3. The number of pyridine rings is 1. The number of rotatable bonds is 4. The number of alkyl halides is 2. The van der Waals surface area contributed by atoms with Gasteiger partial charge in [-0.1, -0.05) is 18.2 Å². The Morgan fingerprint density at radius 2 is 1.94 bits per heavy atom. The molecule has 0 atom stereocenters. The van der Waals surface area contributed by atoms with Crippen molar-refractivity contribution in [3.8, 4) is 0 Å². The molecule has 90 valence electrons. The van der Waals surface area contributed by atoms with E-state index in [9.17, 15) is 8.78 Å². The highest BCUT2D eigenvalue weighted by Crippen LogP contribution is 2.17. The minimum absolute atomic E-state index is 0.372.